The first-order valence-electron chi connectivity index (χ1n) is 6.12. The molecule has 0 heterocycles. The standard InChI is InChI=1S/C14H22N2S/c1-5-13(9(2)3)16-11-6-7-12(14(15)17)10(4)8-11/h6-9,13,16H,5H2,1-4H3,(H2,15,17). The Morgan fingerprint density at radius 3 is 2.47 bits per heavy atom. The first-order valence-corrected chi connectivity index (χ1v) is 6.53. The topological polar surface area (TPSA) is 38.0 Å². The molecule has 0 bridgehead atoms. The van der Waals surface area contributed by atoms with Gasteiger partial charge in [-0.15, -0.1) is 0 Å². The van der Waals surface area contributed by atoms with Crippen molar-refractivity contribution in [3.8, 4) is 0 Å². The number of hydrogen-bond acceptors (Lipinski definition) is 2. The van der Waals surface area contributed by atoms with Crippen LogP contribution in [0.25, 0.3) is 0 Å². The molecule has 0 aliphatic carbocycles. The van der Waals surface area contributed by atoms with E-state index in [0.29, 0.717) is 16.9 Å². The lowest BCUT2D eigenvalue weighted by molar-refractivity contribution is 0.511. The second kappa shape index (κ2) is 6.01. The maximum Gasteiger partial charge on any atom is 0.104 e. The van der Waals surface area contributed by atoms with Crippen LogP contribution in [0.15, 0.2) is 18.2 Å². The highest BCUT2D eigenvalue weighted by atomic mass is 32.1. The van der Waals surface area contributed by atoms with E-state index >= 15 is 0 Å². The third-order valence-electron chi connectivity index (χ3n) is 3.09. The Bertz CT molecular complexity index is 399. The summed E-state index contributed by atoms with van der Waals surface area (Å²) in [4.78, 5) is 0.463. The van der Waals surface area contributed by atoms with Crippen LogP contribution in [0.2, 0.25) is 0 Å². The number of benzene rings is 1. The van der Waals surface area contributed by atoms with E-state index in [2.05, 4.69) is 32.2 Å². The van der Waals surface area contributed by atoms with Gasteiger partial charge in [0.05, 0.1) is 0 Å². The largest absolute Gasteiger partial charge is 0.389 e. The van der Waals surface area contributed by atoms with E-state index in [-0.39, 0.29) is 0 Å². The summed E-state index contributed by atoms with van der Waals surface area (Å²) in [6, 6.07) is 6.66. The average Bonchev–Trinajstić information content (AvgIpc) is 2.24. The van der Waals surface area contributed by atoms with Gasteiger partial charge in [-0.1, -0.05) is 33.0 Å². The van der Waals surface area contributed by atoms with Gasteiger partial charge >= 0.3 is 0 Å². The summed E-state index contributed by atoms with van der Waals surface area (Å²) < 4.78 is 0. The van der Waals surface area contributed by atoms with Gasteiger partial charge in [-0.2, -0.15) is 0 Å². The fourth-order valence-corrected chi connectivity index (χ4v) is 2.21. The van der Waals surface area contributed by atoms with Crippen LogP contribution in [0.4, 0.5) is 5.69 Å². The predicted octanol–water partition coefficient (Wildman–Crippen LogP) is 3.48. The predicted molar refractivity (Wildman–Crippen MR) is 79.6 cm³/mol. The number of nitrogens with two attached hydrogens (primary N) is 1. The highest BCUT2D eigenvalue weighted by molar-refractivity contribution is 7.80. The minimum atomic E-state index is 0.463. The molecule has 1 rings (SSSR count). The number of rotatable bonds is 5. The van der Waals surface area contributed by atoms with Crippen LogP contribution in [0.1, 0.15) is 38.3 Å². The Balaban J connectivity index is 2.87. The Kier molecular flexibility index (Phi) is 4.94. The molecule has 0 aliphatic heterocycles. The number of anilines is 1. The van der Waals surface area contributed by atoms with Gasteiger partial charge in [0.1, 0.15) is 4.99 Å². The van der Waals surface area contributed by atoms with E-state index in [0.717, 1.165) is 23.2 Å². The third kappa shape index (κ3) is 3.70. The molecule has 1 aromatic rings. The molecule has 1 atom stereocenters. The summed E-state index contributed by atoms with van der Waals surface area (Å²) in [6.45, 7) is 8.71. The fraction of sp³-hybridized carbons (Fsp3) is 0.500. The molecule has 1 unspecified atom stereocenters. The molecule has 0 spiro atoms. The maximum absolute atomic E-state index is 5.65. The van der Waals surface area contributed by atoms with E-state index in [1.807, 2.05) is 19.1 Å². The van der Waals surface area contributed by atoms with Crippen molar-refractivity contribution in [1.82, 2.24) is 0 Å². The van der Waals surface area contributed by atoms with Gasteiger partial charge in [-0.25, -0.2) is 0 Å². The molecule has 1 aromatic carbocycles. The van der Waals surface area contributed by atoms with Crippen molar-refractivity contribution in [3.63, 3.8) is 0 Å². The number of thiocarbonyl (C=S) groups is 1. The molecule has 2 nitrogen and oxygen atoms in total. The van der Waals surface area contributed by atoms with Gasteiger partial charge < -0.3 is 11.1 Å². The van der Waals surface area contributed by atoms with Crippen LogP contribution in [-0.2, 0) is 0 Å². The maximum atomic E-state index is 5.65. The fourth-order valence-electron chi connectivity index (χ4n) is 1.98. The Hall–Kier alpha value is -1.09. The quantitative estimate of drug-likeness (QED) is 0.786. The normalized spacial score (nSPS) is 12.5. The summed E-state index contributed by atoms with van der Waals surface area (Å²) in [7, 11) is 0. The van der Waals surface area contributed by atoms with Gasteiger partial charge in [0.25, 0.3) is 0 Å². The molecule has 0 saturated heterocycles. The zero-order valence-corrected chi connectivity index (χ0v) is 11.9. The minimum absolute atomic E-state index is 0.463. The van der Waals surface area contributed by atoms with E-state index in [4.69, 9.17) is 18.0 Å². The number of hydrogen-bond donors (Lipinski definition) is 2. The van der Waals surface area contributed by atoms with Gasteiger partial charge in [0, 0.05) is 17.3 Å². The Labute approximate surface area is 110 Å². The van der Waals surface area contributed by atoms with Gasteiger partial charge in [-0.05, 0) is 43.0 Å². The van der Waals surface area contributed by atoms with Gasteiger partial charge in [0.2, 0.25) is 0 Å². The SMILES string of the molecule is CCC(Nc1ccc(C(N)=S)c(C)c1)C(C)C. The molecule has 3 heteroatoms. The second-order valence-corrected chi connectivity index (χ2v) is 5.24. The summed E-state index contributed by atoms with van der Waals surface area (Å²) in [5.41, 5.74) is 8.88. The van der Waals surface area contributed by atoms with E-state index in [1.54, 1.807) is 0 Å². The molecule has 0 amide bonds. The lowest BCUT2D eigenvalue weighted by Crippen LogP contribution is -2.24. The number of nitrogens with one attached hydrogen (secondary N) is 1. The highest BCUT2D eigenvalue weighted by Crippen LogP contribution is 2.19. The van der Waals surface area contributed by atoms with Crippen molar-refractivity contribution in [2.75, 3.05) is 5.32 Å². The highest BCUT2D eigenvalue weighted by Gasteiger charge is 2.11. The molecule has 0 radical (unpaired) electrons. The zero-order valence-electron chi connectivity index (χ0n) is 11.1. The summed E-state index contributed by atoms with van der Waals surface area (Å²) >= 11 is 5.00. The molecule has 0 aliphatic rings. The smallest absolute Gasteiger partial charge is 0.104 e. The molecular formula is C14H22N2S. The molecule has 94 valence electrons. The minimum Gasteiger partial charge on any atom is -0.389 e. The molecule has 0 aromatic heterocycles. The van der Waals surface area contributed by atoms with Crippen molar-refractivity contribution in [2.45, 2.75) is 40.2 Å². The molecular weight excluding hydrogens is 228 g/mol. The molecule has 17 heavy (non-hydrogen) atoms. The van der Waals surface area contributed by atoms with Crippen LogP contribution in [0, 0.1) is 12.8 Å². The van der Waals surface area contributed by atoms with Crippen molar-refractivity contribution in [3.05, 3.63) is 29.3 Å². The van der Waals surface area contributed by atoms with Crippen LogP contribution in [0.3, 0.4) is 0 Å². The van der Waals surface area contributed by atoms with Crippen molar-refractivity contribution in [1.29, 1.82) is 0 Å². The zero-order chi connectivity index (χ0) is 13.0. The third-order valence-corrected chi connectivity index (χ3v) is 3.31. The van der Waals surface area contributed by atoms with Crippen molar-refractivity contribution >= 4 is 22.9 Å². The Morgan fingerprint density at radius 1 is 1.41 bits per heavy atom. The second-order valence-electron chi connectivity index (χ2n) is 4.80. The average molecular weight is 250 g/mol. The summed E-state index contributed by atoms with van der Waals surface area (Å²) in [6.07, 6.45) is 1.12. The summed E-state index contributed by atoms with van der Waals surface area (Å²) in [5, 5.41) is 3.55. The number of aryl methyl sites for hydroxylation is 1. The van der Waals surface area contributed by atoms with Crippen LogP contribution >= 0.6 is 12.2 Å². The molecule has 0 fully saturated rings. The Morgan fingerprint density at radius 2 is 2.06 bits per heavy atom. The molecule has 0 saturated carbocycles. The van der Waals surface area contributed by atoms with Crippen LogP contribution < -0.4 is 11.1 Å². The lowest BCUT2D eigenvalue weighted by Gasteiger charge is -2.22. The van der Waals surface area contributed by atoms with Crippen LogP contribution in [-0.4, -0.2) is 11.0 Å². The first-order chi connectivity index (χ1) is 7.95. The lowest BCUT2D eigenvalue weighted by atomic mass is 10.0. The van der Waals surface area contributed by atoms with E-state index in [9.17, 15) is 0 Å². The monoisotopic (exact) mass is 250 g/mol. The van der Waals surface area contributed by atoms with Gasteiger partial charge in [0.15, 0.2) is 0 Å². The van der Waals surface area contributed by atoms with Crippen LogP contribution in [0.5, 0.6) is 0 Å². The van der Waals surface area contributed by atoms with E-state index < -0.39 is 0 Å². The summed E-state index contributed by atoms with van der Waals surface area (Å²) in [5.74, 6) is 0.621. The molecule has 3 N–H and O–H groups in total. The first kappa shape index (κ1) is 14.0. The van der Waals surface area contributed by atoms with Crippen molar-refractivity contribution in [2.24, 2.45) is 11.7 Å². The van der Waals surface area contributed by atoms with Gasteiger partial charge in [-0.3, -0.25) is 0 Å². The van der Waals surface area contributed by atoms with E-state index in [1.165, 1.54) is 0 Å². The van der Waals surface area contributed by atoms with Crippen molar-refractivity contribution < 1.29 is 0 Å².